The van der Waals surface area contributed by atoms with E-state index < -0.39 is 0 Å². The Morgan fingerprint density at radius 3 is 2.64 bits per heavy atom. The summed E-state index contributed by atoms with van der Waals surface area (Å²) in [4.78, 5) is 16.4. The number of anilines is 1. The number of aromatic nitrogens is 1. The van der Waals surface area contributed by atoms with Crippen LogP contribution in [0.5, 0.6) is 11.5 Å². The molecule has 0 fully saturated rings. The third-order valence-corrected chi connectivity index (χ3v) is 3.75. The maximum Gasteiger partial charge on any atom is 0.224 e. The number of pyridine rings is 1. The van der Waals surface area contributed by atoms with E-state index >= 15 is 0 Å². The van der Waals surface area contributed by atoms with Gasteiger partial charge in [-0.2, -0.15) is 0 Å². The van der Waals surface area contributed by atoms with Crippen LogP contribution in [-0.2, 0) is 4.79 Å². The number of hydrogen-bond acceptors (Lipinski definition) is 4. The zero-order valence-corrected chi connectivity index (χ0v) is 14.1. The van der Waals surface area contributed by atoms with Crippen molar-refractivity contribution in [2.24, 2.45) is 0 Å². The number of ether oxygens (including phenoxy) is 2. The lowest BCUT2D eigenvalue weighted by atomic mass is 10.2. The zero-order valence-electron chi connectivity index (χ0n) is 14.1. The number of fused-ring (bicyclic) bond motifs is 1. The molecular formula is C20H20N2O3. The Bertz CT molecular complexity index is 847. The Hall–Kier alpha value is -3.08. The zero-order chi connectivity index (χ0) is 17.5. The van der Waals surface area contributed by atoms with E-state index in [2.05, 4.69) is 10.3 Å². The molecule has 1 aromatic heterocycles. The van der Waals surface area contributed by atoms with Gasteiger partial charge in [-0.25, -0.2) is 0 Å². The van der Waals surface area contributed by atoms with Crippen molar-refractivity contribution in [2.45, 2.75) is 12.8 Å². The molecule has 1 heterocycles. The van der Waals surface area contributed by atoms with Gasteiger partial charge in [-0.05, 0) is 42.8 Å². The Labute approximate surface area is 146 Å². The molecule has 0 saturated carbocycles. The van der Waals surface area contributed by atoms with Crippen LogP contribution in [0.2, 0.25) is 0 Å². The van der Waals surface area contributed by atoms with Crippen molar-refractivity contribution < 1.29 is 14.3 Å². The van der Waals surface area contributed by atoms with Gasteiger partial charge in [0.1, 0.15) is 11.5 Å². The monoisotopic (exact) mass is 336 g/mol. The van der Waals surface area contributed by atoms with Crippen LogP contribution >= 0.6 is 0 Å². The van der Waals surface area contributed by atoms with Crippen LogP contribution in [0.1, 0.15) is 12.8 Å². The van der Waals surface area contributed by atoms with Crippen LogP contribution in [0.15, 0.2) is 60.8 Å². The summed E-state index contributed by atoms with van der Waals surface area (Å²) in [5.74, 6) is 1.51. The first-order chi connectivity index (χ1) is 12.2. The van der Waals surface area contributed by atoms with Gasteiger partial charge in [-0.15, -0.1) is 0 Å². The van der Waals surface area contributed by atoms with E-state index in [1.165, 1.54) is 0 Å². The number of nitrogens with one attached hydrogen (secondary N) is 1. The third kappa shape index (κ3) is 4.70. The van der Waals surface area contributed by atoms with Gasteiger partial charge in [0.05, 0.1) is 31.1 Å². The van der Waals surface area contributed by atoms with Crippen molar-refractivity contribution in [1.82, 2.24) is 4.98 Å². The summed E-state index contributed by atoms with van der Waals surface area (Å²) in [6.07, 6.45) is 2.70. The Balaban J connectivity index is 1.44. The Morgan fingerprint density at radius 2 is 1.84 bits per heavy atom. The van der Waals surface area contributed by atoms with Crippen LogP contribution in [-0.4, -0.2) is 24.6 Å². The maximum atomic E-state index is 12.0. The van der Waals surface area contributed by atoms with E-state index in [-0.39, 0.29) is 5.91 Å². The minimum Gasteiger partial charge on any atom is -0.497 e. The molecule has 3 rings (SSSR count). The summed E-state index contributed by atoms with van der Waals surface area (Å²) in [5, 5.41) is 3.88. The molecule has 0 aliphatic carbocycles. The highest BCUT2D eigenvalue weighted by atomic mass is 16.5. The standard InChI is InChI=1S/C20H20N2O3/c1-24-17-8-10-18(11-9-17)25-12-4-7-20(23)22-16-13-15-5-2-3-6-19(15)21-14-16/h2-3,5-6,8-11,13-14H,4,7,12H2,1H3,(H,22,23). The predicted molar refractivity (Wildman–Crippen MR) is 98.1 cm³/mol. The number of para-hydroxylation sites is 1. The van der Waals surface area contributed by atoms with Gasteiger partial charge in [-0.3, -0.25) is 9.78 Å². The number of benzene rings is 2. The first-order valence-electron chi connectivity index (χ1n) is 8.16. The topological polar surface area (TPSA) is 60.5 Å². The summed E-state index contributed by atoms with van der Waals surface area (Å²) >= 11 is 0. The molecule has 1 N–H and O–H groups in total. The fourth-order valence-corrected chi connectivity index (χ4v) is 2.46. The highest BCUT2D eigenvalue weighted by Crippen LogP contribution is 2.18. The molecule has 1 amide bonds. The smallest absolute Gasteiger partial charge is 0.224 e. The quantitative estimate of drug-likeness (QED) is 0.662. The molecule has 2 aromatic carbocycles. The van der Waals surface area contributed by atoms with Crippen molar-refractivity contribution in [3.8, 4) is 11.5 Å². The number of carbonyl (C=O) groups excluding carboxylic acids is 1. The fraction of sp³-hybridized carbons (Fsp3) is 0.200. The summed E-state index contributed by atoms with van der Waals surface area (Å²) in [6.45, 7) is 0.482. The van der Waals surface area contributed by atoms with Gasteiger partial charge in [0.2, 0.25) is 5.91 Å². The highest BCUT2D eigenvalue weighted by molar-refractivity contribution is 5.93. The minimum absolute atomic E-state index is 0.0459. The van der Waals surface area contributed by atoms with E-state index in [1.54, 1.807) is 13.3 Å². The first kappa shape index (κ1) is 16.8. The minimum atomic E-state index is -0.0459. The van der Waals surface area contributed by atoms with Gasteiger partial charge >= 0.3 is 0 Å². The SMILES string of the molecule is COc1ccc(OCCCC(=O)Nc2cnc3ccccc3c2)cc1. The lowest BCUT2D eigenvalue weighted by Gasteiger charge is -2.08. The predicted octanol–water partition coefficient (Wildman–Crippen LogP) is 4.04. The second-order valence-corrected chi connectivity index (χ2v) is 5.59. The van der Waals surface area contributed by atoms with Gasteiger partial charge in [-0.1, -0.05) is 18.2 Å². The van der Waals surface area contributed by atoms with Gasteiger partial charge < -0.3 is 14.8 Å². The summed E-state index contributed by atoms with van der Waals surface area (Å²) in [5.41, 5.74) is 1.62. The molecule has 5 heteroatoms. The number of carbonyl (C=O) groups is 1. The third-order valence-electron chi connectivity index (χ3n) is 3.75. The summed E-state index contributed by atoms with van der Waals surface area (Å²) in [7, 11) is 1.62. The Kier molecular flexibility index (Phi) is 5.46. The molecule has 0 saturated heterocycles. The molecule has 0 atom stereocenters. The molecule has 0 unspecified atom stereocenters. The average Bonchev–Trinajstić information content (AvgIpc) is 2.65. The van der Waals surface area contributed by atoms with Crippen LogP contribution in [0.25, 0.3) is 10.9 Å². The van der Waals surface area contributed by atoms with Crippen molar-refractivity contribution >= 4 is 22.5 Å². The molecular weight excluding hydrogens is 316 g/mol. The van der Waals surface area contributed by atoms with Gasteiger partial charge in [0.25, 0.3) is 0 Å². The molecule has 0 aliphatic rings. The molecule has 0 radical (unpaired) electrons. The van der Waals surface area contributed by atoms with E-state index in [0.29, 0.717) is 25.1 Å². The van der Waals surface area contributed by atoms with Crippen LogP contribution < -0.4 is 14.8 Å². The van der Waals surface area contributed by atoms with Gasteiger partial charge in [0, 0.05) is 11.8 Å². The van der Waals surface area contributed by atoms with Crippen molar-refractivity contribution in [3.63, 3.8) is 0 Å². The molecule has 3 aromatic rings. The van der Waals surface area contributed by atoms with E-state index in [4.69, 9.17) is 9.47 Å². The second kappa shape index (κ2) is 8.15. The molecule has 0 spiro atoms. The van der Waals surface area contributed by atoms with E-state index in [0.717, 1.165) is 22.4 Å². The molecule has 0 aliphatic heterocycles. The van der Waals surface area contributed by atoms with Crippen LogP contribution in [0.3, 0.4) is 0 Å². The Morgan fingerprint density at radius 1 is 1.08 bits per heavy atom. The van der Waals surface area contributed by atoms with Crippen LogP contribution in [0.4, 0.5) is 5.69 Å². The number of methoxy groups -OCH3 is 1. The van der Waals surface area contributed by atoms with E-state index in [9.17, 15) is 4.79 Å². The maximum absolute atomic E-state index is 12.0. The van der Waals surface area contributed by atoms with Gasteiger partial charge in [0.15, 0.2) is 0 Å². The van der Waals surface area contributed by atoms with Crippen molar-refractivity contribution in [1.29, 1.82) is 0 Å². The fourth-order valence-electron chi connectivity index (χ4n) is 2.46. The number of hydrogen-bond donors (Lipinski definition) is 1. The molecule has 0 bridgehead atoms. The number of rotatable bonds is 7. The number of amides is 1. The average molecular weight is 336 g/mol. The van der Waals surface area contributed by atoms with Crippen molar-refractivity contribution in [2.75, 3.05) is 19.0 Å². The molecule has 25 heavy (non-hydrogen) atoms. The lowest BCUT2D eigenvalue weighted by molar-refractivity contribution is -0.116. The summed E-state index contributed by atoms with van der Waals surface area (Å²) < 4.78 is 10.7. The largest absolute Gasteiger partial charge is 0.497 e. The normalized spacial score (nSPS) is 10.4. The van der Waals surface area contributed by atoms with Crippen molar-refractivity contribution in [3.05, 3.63) is 60.8 Å². The number of nitrogens with zero attached hydrogens (tertiary/aromatic N) is 1. The van der Waals surface area contributed by atoms with E-state index in [1.807, 2.05) is 54.6 Å². The van der Waals surface area contributed by atoms with Crippen LogP contribution in [0, 0.1) is 0 Å². The molecule has 5 nitrogen and oxygen atoms in total. The second-order valence-electron chi connectivity index (χ2n) is 5.59. The first-order valence-corrected chi connectivity index (χ1v) is 8.16. The highest BCUT2D eigenvalue weighted by Gasteiger charge is 2.04. The summed E-state index contributed by atoms with van der Waals surface area (Å²) in [6, 6.07) is 17.1. The lowest BCUT2D eigenvalue weighted by Crippen LogP contribution is -2.13. The molecule has 128 valence electrons.